The van der Waals surface area contributed by atoms with Gasteiger partial charge in [-0.1, -0.05) is 24.3 Å². The molecule has 2 aromatic rings. The molecule has 3 heteroatoms. The van der Waals surface area contributed by atoms with Gasteiger partial charge in [-0.25, -0.2) is 0 Å². The fourth-order valence-electron chi connectivity index (χ4n) is 2.54. The second kappa shape index (κ2) is 4.84. The van der Waals surface area contributed by atoms with Crippen LogP contribution in [0.1, 0.15) is 16.7 Å². The van der Waals surface area contributed by atoms with E-state index in [0.29, 0.717) is 5.69 Å². The van der Waals surface area contributed by atoms with E-state index in [4.69, 9.17) is 15.2 Å². The summed E-state index contributed by atoms with van der Waals surface area (Å²) in [5.41, 5.74) is 10.3. The van der Waals surface area contributed by atoms with Crippen LogP contribution in [-0.2, 0) is 12.8 Å². The zero-order chi connectivity index (χ0) is 13.2. The van der Waals surface area contributed by atoms with Gasteiger partial charge in [-0.3, -0.25) is 0 Å². The van der Waals surface area contributed by atoms with Crippen molar-refractivity contribution in [3.8, 4) is 11.5 Å². The average molecular weight is 255 g/mol. The van der Waals surface area contributed by atoms with Gasteiger partial charge >= 0.3 is 0 Å². The van der Waals surface area contributed by atoms with E-state index < -0.39 is 0 Å². The van der Waals surface area contributed by atoms with Crippen molar-refractivity contribution in [2.45, 2.75) is 12.8 Å². The largest absolute Gasteiger partial charge is 0.495 e. The molecule has 2 aromatic carbocycles. The number of nitrogen functional groups attached to an aromatic ring is 1. The fourth-order valence-corrected chi connectivity index (χ4v) is 2.54. The van der Waals surface area contributed by atoms with E-state index >= 15 is 0 Å². The lowest BCUT2D eigenvalue weighted by Gasteiger charge is -2.10. The first-order chi connectivity index (χ1) is 9.28. The van der Waals surface area contributed by atoms with Crippen LogP contribution in [0.2, 0.25) is 0 Å². The van der Waals surface area contributed by atoms with E-state index in [0.717, 1.165) is 30.9 Å². The molecule has 0 saturated heterocycles. The third-order valence-electron chi connectivity index (χ3n) is 3.48. The molecule has 0 saturated carbocycles. The van der Waals surface area contributed by atoms with Crippen molar-refractivity contribution < 1.29 is 9.47 Å². The summed E-state index contributed by atoms with van der Waals surface area (Å²) in [6, 6.07) is 12.3. The van der Waals surface area contributed by atoms with Gasteiger partial charge in [0.05, 0.1) is 19.4 Å². The number of benzene rings is 2. The molecule has 0 unspecified atom stereocenters. The van der Waals surface area contributed by atoms with Gasteiger partial charge in [0.2, 0.25) is 0 Å². The Labute approximate surface area is 113 Å². The summed E-state index contributed by atoms with van der Waals surface area (Å²) in [5, 5.41) is 0. The van der Waals surface area contributed by atoms with Crippen LogP contribution in [0.5, 0.6) is 11.5 Å². The molecule has 1 heterocycles. The van der Waals surface area contributed by atoms with Crippen molar-refractivity contribution in [3.05, 3.63) is 53.1 Å². The van der Waals surface area contributed by atoms with Crippen LogP contribution in [-0.4, -0.2) is 13.7 Å². The first-order valence-corrected chi connectivity index (χ1v) is 6.44. The van der Waals surface area contributed by atoms with Gasteiger partial charge in [0, 0.05) is 12.8 Å². The monoisotopic (exact) mass is 255 g/mol. The SMILES string of the molecule is COc1ccc(Cc2cccc3c2OCC3)cc1N. The Kier molecular flexibility index (Phi) is 3.03. The number of para-hydroxylation sites is 1. The third-order valence-corrected chi connectivity index (χ3v) is 3.48. The Morgan fingerprint density at radius 1 is 1.26 bits per heavy atom. The van der Waals surface area contributed by atoms with Crippen LogP contribution in [0.4, 0.5) is 5.69 Å². The molecule has 0 aliphatic carbocycles. The standard InChI is InChI=1S/C16H17NO2/c1-18-15-6-5-11(10-14(15)17)9-13-4-2-3-12-7-8-19-16(12)13/h2-6,10H,7-9,17H2,1H3. The Balaban J connectivity index is 1.90. The van der Waals surface area contributed by atoms with Crippen molar-refractivity contribution in [2.24, 2.45) is 0 Å². The van der Waals surface area contributed by atoms with E-state index in [9.17, 15) is 0 Å². The Morgan fingerprint density at radius 3 is 2.95 bits per heavy atom. The van der Waals surface area contributed by atoms with Gasteiger partial charge in [0.1, 0.15) is 11.5 Å². The highest BCUT2D eigenvalue weighted by Gasteiger charge is 2.16. The molecule has 1 aliphatic heterocycles. The molecule has 0 aromatic heterocycles. The summed E-state index contributed by atoms with van der Waals surface area (Å²) in [6.07, 6.45) is 1.84. The van der Waals surface area contributed by atoms with Crippen LogP contribution in [0.15, 0.2) is 36.4 Å². The Bertz CT molecular complexity index is 608. The molecule has 3 rings (SSSR count). The molecule has 98 valence electrons. The van der Waals surface area contributed by atoms with Gasteiger partial charge < -0.3 is 15.2 Å². The van der Waals surface area contributed by atoms with Gasteiger partial charge in [0.25, 0.3) is 0 Å². The number of anilines is 1. The van der Waals surface area contributed by atoms with Gasteiger partial charge in [-0.05, 0) is 28.8 Å². The zero-order valence-corrected chi connectivity index (χ0v) is 11.0. The van der Waals surface area contributed by atoms with Gasteiger partial charge in [0.15, 0.2) is 0 Å². The highest BCUT2D eigenvalue weighted by molar-refractivity contribution is 5.55. The quantitative estimate of drug-likeness (QED) is 0.858. The molecule has 0 bridgehead atoms. The molecule has 0 fully saturated rings. The lowest BCUT2D eigenvalue weighted by Crippen LogP contribution is -1.97. The second-order valence-corrected chi connectivity index (χ2v) is 4.76. The predicted octanol–water partition coefficient (Wildman–Crippen LogP) is 2.80. The lowest BCUT2D eigenvalue weighted by molar-refractivity contribution is 0.354. The normalized spacial score (nSPS) is 12.9. The van der Waals surface area contributed by atoms with E-state index in [1.54, 1.807) is 7.11 Å². The van der Waals surface area contributed by atoms with Crippen LogP contribution in [0.3, 0.4) is 0 Å². The van der Waals surface area contributed by atoms with Crippen molar-refractivity contribution in [1.82, 2.24) is 0 Å². The minimum atomic E-state index is 0.675. The van der Waals surface area contributed by atoms with E-state index in [2.05, 4.69) is 18.2 Å². The van der Waals surface area contributed by atoms with Gasteiger partial charge in [-0.2, -0.15) is 0 Å². The molecule has 0 spiro atoms. The summed E-state index contributed by atoms with van der Waals surface area (Å²) < 4.78 is 10.9. The molecule has 0 atom stereocenters. The highest BCUT2D eigenvalue weighted by Crippen LogP contribution is 2.32. The molecule has 1 aliphatic rings. The smallest absolute Gasteiger partial charge is 0.141 e. The average Bonchev–Trinajstić information content (AvgIpc) is 2.88. The molecule has 0 amide bonds. The number of methoxy groups -OCH3 is 1. The summed E-state index contributed by atoms with van der Waals surface area (Å²) in [4.78, 5) is 0. The topological polar surface area (TPSA) is 44.5 Å². The van der Waals surface area contributed by atoms with Gasteiger partial charge in [-0.15, -0.1) is 0 Å². The maximum atomic E-state index is 5.94. The second-order valence-electron chi connectivity index (χ2n) is 4.76. The van der Waals surface area contributed by atoms with Crippen LogP contribution in [0.25, 0.3) is 0 Å². The third kappa shape index (κ3) is 2.24. The number of nitrogens with two attached hydrogens (primary N) is 1. The number of rotatable bonds is 3. The first kappa shape index (κ1) is 11.9. The van der Waals surface area contributed by atoms with E-state index in [-0.39, 0.29) is 0 Å². The number of fused-ring (bicyclic) bond motifs is 1. The fraction of sp³-hybridized carbons (Fsp3) is 0.250. The first-order valence-electron chi connectivity index (χ1n) is 6.44. The maximum Gasteiger partial charge on any atom is 0.141 e. The zero-order valence-electron chi connectivity index (χ0n) is 11.0. The van der Waals surface area contributed by atoms with Crippen molar-refractivity contribution >= 4 is 5.69 Å². The molecular formula is C16H17NO2. The summed E-state index contributed by atoms with van der Waals surface area (Å²) in [6.45, 7) is 0.789. The highest BCUT2D eigenvalue weighted by atomic mass is 16.5. The van der Waals surface area contributed by atoms with Crippen molar-refractivity contribution in [1.29, 1.82) is 0 Å². The van der Waals surface area contributed by atoms with E-state index in [1.807, 2.05) is 18.2 Å². The molecule has 19 heavy (non-hydrogen) atoms. The molecule has 3 nitrogen and oxygen atoms in total. The summed E-state index contributed by atoms with van der Waals surface area (Å²) in [5.74, 6) is 1.77. The molecule has 2 N–H and O–H groups in total. The number of hydrogen-bond donors (Lipinski definition) is 1. The predicted molar refractivity (Wildman–Crippen MR) is 75.9 cm³/mol. The Hall–Kier alpha value is -2.16. The van der Waals surface area contributed by atoms with Crippen LogP contribution >= 0.6 is 0 Å². The molecule has 0 radical (unpaired) electrons. The maximum absolute atomic E-state index is 5.94. The van der Waals surface area contributed by atoms with Crippen LogP contribution in [0, 0.1) is 0 Å². The lowest BCUT2D eigenvalue weighted by atomic mass is 10.0. The van der Waals surface area contributed by atoms with Crippen molar-refractivity contribution in [2.75, 3.05) is 19.5 Å². The summed E-state index contributed by atoms with van der Waals surface area (Å²) >= 11 is 0. The summed E-state index contributed by atoms with van der Waals surface area (Å²) in [7, 11) is 1.63. The van der Waals surface area contributed by atoms with E-state index in [1.165, 1.54) is 16.7 Å². The number of hydrogen-bond acceptors (Lipinski definition) is 3. The number of ether oxygens (including phenoxy) is 2. The Morgan fingerprint density at radius 2 is 2.16 bits per heavy atom. The minimum absolute atomic E-state index is 0.675. The van der Waals surface area contributed by atoms with Crippen LogP contribution < -0.4 is 15.2 Å². The van der Waals surface area contributed by atoms with Crippen molar-refractivity contribution in [3.63, 3.8) is 0 Å². The minimum Gasteiger partial charge on any atom is -0.495 e. The molecular weight excluding hydrogens is 238 g/mol.